The van der Waals surface area contributed by atoms with Crippen molar-refractivity contribution in [1.82, 2.24) is 15.1 Å². The smallest absolute Gasteiger partial charge is 0.331 e. The maximum atomic E-state index is 13.0. The Morgan fingerprint density at radius 3 is 2.60 bits per heavy atom. The maximum absolute atomic E-state index is 13.0. The summed E-state index contributed by atoms with van der Waals surface area (Å²) in [6.45, 7) is 3.19. The molecule has 25 heavy (non-hydrogen) atoms. The molecule has 1 heterocycles. The largest absolute Gasteiger partial charge is 0.449 e. The molecule has 0 saturated heterocycles. The van der Waals surface area contributed by atoms with E-state index in [0.29, 0.717) is 16.9 Å². The molecule has 0 fully saturated rings. The van der Waals surface area contributed by atoms with E-state index in [-0.39, 0.29) is 11.0 Å². The lowest BCUT2D eigenvalue weighted by atomic mass is 10.2. The second-order valence-electron chi connectivity index (χ2n) is 5.20. The summed E-state index contributed by atoms with van der Waals surface area (Å²) in [5, 5.41) is 6.94. The molecule has 2 aromatic rings. The molecule has 1 aromatic heterocycles. The lowest BCUT2D eigenvalue weighted by molar-refractivity contribution is -0.149. The van der Waals surface area contributed by atoms with Gasteiger partial charge in [0.15, 0.2) is 6.10 Å². The third kappa shape index (κ3) is 4.45. The van der Waals surface area contributed by atoms with Crippen LogP contribution in [-0.2, 0) is 14.3 Å². The van der Waals surface area contributed by atoms with Crippen LogP contribution in [0.5, 0.6) is 0 Å². The summed E-state index contributed by atoms with van der Waals surface area (Å²) in [6.07, 6.45) is 1.73. The molecule has 1 N–H and O–H groups in total. The predicted octanol–water partition coefficient (Wildman–Crippen LogP) is 2.66. The Hall–Kier alpha value is -2.67. The van der Waals surface area contributed by atoms with E-state index in [2.05, 4.69) is 10.4 Å². The summed E-state index contributed by atoms with van der Waals surface area (Å²) < 4.78 is 19.4. The summed E-state index contributed by atoms with van der Waals surface area (Å²) in [7, 11) is 1.45. The van der Waals surface area contributed by atoms with Crippen molar-refractivity contribution in [1.29, 1.82) is 0 Å². The molecule has 0 saturated carbocycles. The van der Waals surface area contributed by atoms with Crippen LogP contribution in [0.1, 0.15) is 18.2 Å². The lowest BCUT2D eigenvalue weighted by Gasteiger charge is -2.09. The van der Waals surface area contributed by atoms with Crippen molar-refractivity contribution in [2.24, 2.45) is 0 Å². The number of aryl methyl sites for hydroxylation is 1. The van der Waals surface area contributed by atoms with E-state index < -0.39 is 18.0 Å². The van der Waals surface area contributed by atoms with Gasteiger partial charge in [-0.1, -0.05) is 11.6 Å². The number of hydrogen-bond acceptors (Lipinski definition) is 4. The molecule has 1 amide bonds. The van der Waals surface area contributed by atoms with Crippen LogP contribution in [-0.4, -0.2) is 34.8 Å². The highest BCUT2D eigenvalue weighted by Crippen LogP contribution is 2.24. The Morgan fingerprint density at radius 1 is 1.36 bits per heavy atom. The summed E-state index contributed by atoms with van der Waals surface area (Å²) in [6, 6.07) is 5.69. The highest BCUT2D eigenvalue weighted by molar-refractivity contribution is 6.31. The minimum atomic E-state index is -0.902. The third-order valence-electron chi connectivity index (χ3n) is 3.41. The van der Waals surface area contributed by atoms with Crippen LogP contribution in [0.3, 0.4) is 0 Å². The van der Waals surface area contributed by atoms with Crippen molar-refractivity contribution in [2.45, 2.75) is 20.0 Å². The zero-order valence-corrected chi connectivity index (χ0v) is 14.7. The Kier molecular flexibility index (Phi) is 5.93. The van der Waals surface area contributed by atoms with Gasteiger partial charge in [-0.2, -0.15) is 5.10 Å². The normalized spacial score (nSPS) is 12.2. The first kappa shape index (κ1) is 18.7. The standard InChI is InChI=1S/C17H17ClFN3O3/c1-10-14(8-9-15(23)25-11(2)17(24)20-3)16(18)22(21-10)13-6-4-12(19)5-7-13/h4-9,11H,1-3H3,(H,20,24)/b9-8+/t11-/m1/s1. The molecule has 0 aliphatic rings. The van der Waals surface area contributed by atoms with Gasteiger partial charge >= 0.3 is 5.97 Å². The fourth-order valence-corrected chi connectivity index (χ4v) is 2.41. The third-order valence-corrected chi connectivity index (χ3v) is 3.78. The maximum Gasteiger partial charge on any atom is 0.331 e. The molecule has 0 unspecified atom stereocenters. The first-order chi connectivity index (χ1) is 11.8. The fraction of sp³-hybridized carbons (Fsp3) is 0.235. The SMILES string of the molecule is CNC(=O)[C@@H](C)OC(=O)/C=C/c1c(C)nn(-c2ccc(F)cc2)c1Cl. The van der Waals surface area contributed by atoms with Gasteiger partial charge in [-0.05, 0) is 44.2 Å². The first-order valence-corrected chi connectivity index (χ1v) is 7.82. The van der Waals surface area contributed by atoms with E-state index in [1.807, 2.05) is 0 Å². The Labute approximate surface area is 149 Å². The molecule has 8 heteroatoms. The van der Waals surface area contributed by atoms with Gasteiger partial charge in [-0.15, -0.1) is 0 Å². The Balaban J connectivity index is 2.19. The number of esters is 1. The quantitative estimate of drug-likeness (QED) is 0.653. The van der Waals surface area contributed by atoms with E-state index in [4.69, 9.17) is 16.3 Å². The number of benzene rings is 1. The summed E-state index contributed by atoms with van der Waals surface area (Å²) in [5.41, 5.74) is 1.69. The number of nitrogens with one attached hydrogen (secondary N) is 1. The molecule has 0 spiro atoms. The fourth-order valence-electron chi connectivity index (χ4n) is 2.08. The van der Waals surface area contributed by atoms with Crippen molar-refractivity contribution in [3.63, 3.8) is 0 Å². The summed E-state index contributed by atoms with van der Waals surface area (Å²) >= 11 is 6.31. The minimum absolute atomic E-state index is 0.271. The number of carbonyl (C=O) groups excluding carboxylic acids is 2. The van der Waals surface area contributed by atoms with Crippen LogP contribution in [0.2, 0.25) is 5.15 Å². The van der Waals surface area contributed by atoms with Crippen LogP contribution in [0.25, 0.3) is 11.8 Å². The zero-order chi connectivity index (χ0) is 18.6. The van der Waals surface area contributed by atoms with Gasteiger partial charge in [0.2, 0.25) is 0 Å². The predicted molar refractivity (Wildman–Crippen MR) is 91.9 cm³/mol. The number of ether oxygens (including phenoxy) is 1. The number of aromatic nitrogens is 2. The van der Waals surface area contributed by atoms with Crippen molar-refractivity contribution in [3.8, 4) is 5.69 Å². The molecular formula is C17H17ClFN3O3. The van der Waals surface area contributed by atoms with Gasteiger partial charge in [0, 0.05) is 18.7 Å². The van der Waals surface area contributed by atoms with Crippen molar-refractivity contribution in [2.75, 3.05) is 7.05 Å². The topological polar surface area (TPSA) is 73.2 Å². The molecule has 0 radical (unpaired) electrons. The number of nitrogens with zero attached hydrogens (tertiary/aromatic N) is 2. The van der Waals surface area contributed by atoms with E-state index in [1.165, 1.54) is 42.9 Å². The average molecular weight is 366 g/mol. The van der Waals surface area contributed by atoms with Gasteiger partial charge in [0.1, 0.15) is 11.0 Å². The molecule has 0 bridgehead atoms. The molecule has 6 nitrogen and oxygen atoms in total. The van der Waals surface area contributed by atoms with Crippen molar-refractivity contribution < 1.29 is 18.7 Å². The van der Waals surface area contributed by atoms with Crippen LogP contribution in [0.4, 0.5) is 4.39 Å². The van der Waals surface area contributed by atoms with Gasteiger partial charge in [-0.25, -0.2) is 13.9 Å². The monoisotopic (exact) mass is 365 g/mol. The average Bonchev–Trinajstić information content (AvgIpc) is 2.87. The highest BCUT2D eigenvalue weighted by Gasteiger charge is 2.16. The number of hydrogen-bond donors (Lipinski definition) is 1. The van der Waals surface area contributed by atoms with E-state index in [9.17, 15) is 14.0 Å². The number of amides is 1. The molecule has 0 aliphatic heterocycles. The molecule has 2 rings (SSSR count). The van der Waals surface area contributed by atoms with Crippen molar-refractivity contribution in [3.05, 3.63) is 52.6 Å². The number of carbonyl (C=O) groups is 2. The van der Waals surface area contributed by atoms with Gasteiger partial charge in [0.05, 0.1) is 11.4 Å². The second-order valence-corrected chi connectivity index (χ2v) is 5.56. The van der Waals surface area contributed by atoms with Gasteiger partial charge in [-0.3, -0.25) is 4.79 Å². The van der Waals surface area contributed by atoms with Gasteiger partial charge < -0.3 is 10.1 Å². The Bertz CT molecular complexity index is 815. The second kappa shape index (κ2) is 7.94. The van der Waals surface area contributed by atoms with Crippen LogP contribution in [0, 0.1) is 12.7 Å². The summed E-state index contributed by atoms with van der Waals surface area (Å²) in [4.78, 5) is 23.1. The number of rotatable bonds is 5. The molecular weight excluding hydrogens is 349 g/mol. The first-order valence-electron chi connectivity index (χ1n) is 7.44. The molecule has 1 atom stereocenters. The zero-order valence-electron chi connectivity index (χ0n) is 13.9. The van der Waals surface area contributed by atoms with Crippen LogP contribution in [0.15, 0.2) is 30.3 Å². The molecule has 0 aliphatic carbocycles. The highest BCUT2D eigenvalue weighted by atomic mass is 35.5. The van der Waals surface area contributed by atoms with Crippen molar-refractivity contribution >= 4 is 29.6 Å². The van der Waals surface area contributed by atoms with Crippen LogP contribution >= 0.6 is 11.6 Å². The minimum Gasteiger partial charge on any atom is -0.449 e. The number of likely N-dealkylation sites (N-methyl/N-ethyl adjacent to an activating group) is 1. The van der Waals surface area contributed by atoms with Gasteiger partial charge in [0.25, 0.3) is 5.91 Å². The van der Waals surface area contributed by atoms with E-state index in [1.54, 1.807) is 19.1 Å². The molecule has 132 valence electrons. The Morgan fingerprint density at radius 2 is 2.00 bits per heavy atom. The molecule has 1 aromatic carbocycles. The number of halogens is 2. The van der Waals surface area contributed by atoms with E-state index >= 15 is 0 Å². The summed E-state index contributed by atoms with van der Waals surface area (Å²) in [5.74, 6) is -1.45. The lowest BCUT2D eigenvalue weighted by Crippen LogP contribution is -2.32. The van der Waals surface area contributed by atoms with E-state index in [0.717, 1.165) is 0 Å². The van der Waals surface area contributed by atoms with Crippen LogP contribution < -0.4 is 5.32 Å².